The van der Waals surface area contributed by atoms with Gasteiger partial charge in [0.05, 0.1) is 6.61 Å². The van der Waals surface area contributed by atoms with Gasteiger partial charge in [0, 0.05) is 6.42 Å². The fourth-order valence-electron chi connectivity index (χ4n) is 3.43. The van der Waals surface area contributed by atoms with E-state index in [1.54, 1.807) is 0 Å². The summed E-state index contributed by atoms with van der Waals surface area (Å²) in [6, 6.07) is 6.39. The zero-order valence-corrected chi connectivity index (χ0v) is 11.4. The van der Waals surface area contributed by atoms with Gasteiger partial charge in [0.1, 0.15) is 5.75 Å². The molecule has 2 aliphatic rings. The highest BCUT2D eigenvalue weighted by molar-refractivity contribution is 5.74. The van der Waals surface area contributed by atoms with E-state index in [-0.39, 0.29) is 5.91 Å². The highest BCUT2D eigenvalue weighted by Gasteiger charge is 2.43. The maximum atomic E-state index is 11.0. The summed E-state index contributed by atoms with van der Waals surface area (Å²) in [7, 11) is 0. The highest BCUT2D eigenvalue weighted by atomic mass is 16.5. The predicted octanol–water partition coefficient (Wildman–Crippen LogP) is 2.63. The van der Waals surface area contributed by atoms with Crippen molar-refractivity contribution in [3.63, 3.8) is 0 Å². The molecule has 1 aromatic rings. The molecule has 0 spiro atoms. The Balaban J connectivity index is 1.76. The third-order valence-electron chi connectivity index (χ3n) is 4.49. The molecule has 3 heteroatoms. The number of fused-ring (bicyclic) bond motifs is 1. The fourth-order valence-corrected chi connectivity index (χ4v) is 3.43. The third kappa shape index (κ3) is 2.46. The normalized spacial score (nSPS) is 26.2. The maximum Gasteiger partial charge on any atom is 0.217 e. The minimum atomic E-state index is -0.184. The number of carbonyl (C=O) groups excluding carboxylic acids is 1. The topological polar surface area (TPSA) is 52.3 Å². The van der Waals surface area contributed by atoms with Gasteiger partial charge in [-0.3, -0.25) is 4.79 Å². The second-order valence-corrected chi connectivity index (χ2v) is 5.93. The van der Waals surface area contributed by atoms with Gasteiger partial charge in [0.2, 0.25) is 5.91 Å². The lowest BCUT2D eigenvalue weighted by molar-refractivity contribution is -0.118. The van der Waals surface area contributed by atoms with E-state index >= 15 is 0 Å². The predicted molar refractivity (Wildman–Crippen MR) is 74.1 cm³/mol. The zero-order chi connectivity index (χ0) is 13.4. The Morgan fingerprint density at radius 1 is 1.53 bits per heavy atom. The van der Waals surface area contributed by atoms with Crippen molar-refractivity contribution in [2.24, 2.45) is 17.6 Å². The average molecular weight is 259 g/mol. The summed E-state index contributed by atoms with van der Waals surface area (Å²) in [6.07, 6.45) is 3.93. The summed E-state index contributed by atoms with van der Waals surface area (Å²) in [6.45, 7) is 2.98. The first kappa shape index (κ1) is 12.5. The molecule has 1 amide bonds. The third-order valence-corrected chi connectivity index (χ3v) is 4.49. The fraction of sp³-hybridized carbons (Fsp3) is 0.562. The smallest absolute Gasteiger partial charge is 0.217 e. The Labute approximate surface area is 114 Å². The standard InChI is InChI=1S/C16H21NO2/c1-10(8-16(17)18)13-9-14(13)11-4-2-6-15-12(11)5-3-7-19-15/h2,4,6,10,13-14H,3,5,7-9H2,1H3,(H2,17,18). The van der Waals surface area contributed by atoms with Crippen molar-refractivity contribution < 1.29 is 9.53 Å². The lowest BCUT2D eigenvalue weighted by Crippen LogP contribution is -2.16. The molecule has 3 nitrogen and oxygen atoms in total. The van der Waals surface area contributed by atoms with Gasteiger partial charge in [0.25, 0.3) is 0 Å². The van der Waals surface area contributed by atoms with Crippen LogP contribution in [0.4, 0.5) is 0 Å². The van der Waals surface area contributed by atoms with E-state index < -0.39 is 0 Å². The molecule has 3 atom stereocenters. The van der Waals surface area contributed by atoms with E-state index in [9.17, 15) is 4.79 Å². The first-order valence-electron chi connectivity index (χ1n) is 7.19. The van der Waals surface area contributed by atoms with E-state index in [0.717, 1.165) is 25.2 Å². The molecule has 1 heterocycles. The van der Waals surface area contributed by atoms with Crippen LogP contribution in [0.15, 0.2) is 18.2 Å². The van der Waals surface area contributed by atoms with Crippen molar-refractivity contribution >= 4 is 5.91 Å². The van der Waals surface area contributed by atoms with Crippen LogP contribution in [-0.2, 0) is 11.2 Å². The number of primary amides is 1. The van der Waals surface area contributed by atoms with E-state index in [1.807, 2.05) is 0 Å². The number of amides is 1. The number of nitrogens with two attached hydrogens (primary N) is 1. The number of hydrogen-bond donors (Lipinski definition) is 1. The molecule has 0 saturated heterocycles. The molecule has 1 saturated carbocycles. The van der Waals surface area contributed by atoms with E-state index in [1.165, 1.54) is 17.5 Å². The van der Waals surface area contributed by atoms with Crippen molar-refractivity contribution in [2.75, 3.05) is 6.61 Å². The van der Waals surface area contributed by atoms with Gasteiger partial charge < -0.3 is 10.5 Å². The van der Waals surface area contributed by atoms with Crippen LogP contribution in [0, 0.1) is 11.8 Å². The molecular formula is C16H21NO2. The van der Waals surface area contributed by atoms with Crippen LogP contribution in [-0.4, -0.2) is 12.5 Å². The van der Waals surface area contributed by atoms with Crippen molar-refractivity contribution in [1.29, 1.82) is 0 Å². The molecular weight excluding hydrogens is 238 g/mol. The van der Waals surface area contributed by atoms with E-state index in [2.05, 4.69) is 25.1 Å². The number of hydrogen-bond acceptors (Lipinski definition) is 2. The largest absolute Gasteiger partial charge is 0.493 e. The monoisotopic (exact) mass is 259 g/mol. The molecule has 3 rings (SSSR count). The number of rotatable bonds is 4. The van der Waals surface area contributed by atoms with Gasteiger partial charge in [-0.25, -0.2) is 0 Å². The second-order valence-electron chi connectivity index (χ2n) is 5.93. The van der Waals surface area contributed by atoms with Crippen LogP contribution in [0.25, 0.3) is 0 Å². The lowest BCUT2D eigenvalue weighted by Gasteiger charge is -2.20. The van der Waals surface area contributed by atoms with E-state index in [0.29, 0.717) is 24.2 Å². The quantitative estimate of drug-likeness (QED) is 0.903. The molecule has 0 bridgehead atoms. The van der Waals surface area contributed by atoms with Crippen molar-refractivity contribution in [1.82, 2.24) is 0 Å². The SMILES string of the molecule is CC(CC(N)=O)C1CC1c1cccc2c1CCCO2. The van der Waals surface area contributed by atoms with Gasteiger partial charge >= 0.3 is 0 Å². The number of ether oxygens (including phenoxy) is 1. The Kier molecular flexibility index (Phi) is 3.21. The van der Waals surface area contributed by atoms with E-state index in [4.69, 9.17) is 10.5 Å². The lowest BCUT2D eigenvalue weighted by atomic mass is 9.92. The molecule has 102 valence electrons. The van der Waals surface area contributed by atoms with Crippen molar-refractivity contribution in [3.05, 3.63) is 29.3 Å². The summed E-state index contributed by atoms with van der Waals surface area (Å²) in [5.74, 6) is 2.49. The molecule has 0 aromatic heterocycles. The molecule has 19 heavy (non-hydrogen) atoms. The summed E-state index contributed by atoms with van der Waals surface area (Å²) in [5, 5.41) is 0. The first-order valence-corrected chi connectivity index (χ1v) is 7.19. The van der Waals surface area contributed by atoms with Crippen LogP contribution in [0.2, 0.25) is 0 Å². The molecule has 1 aromatic carbocycles. The Morgan fingerprint density at radius 2 is 2.37 bits per heavy atom. The van der Waals surface area contributed by atoms with Gasteiger partial charge in [0.15, 0.2) is 0 Å². The number of carbonyl (C=O) groups is 1. The van der Waals surface area contributed by atoms with Crippen molar-refractivity contribution in [2.45, 2.75) is 38.5 Å². The van der Waals surface area contributed by atoms with Crippen LogP contribution >= 0.6 is 0 Å². The minimum Gasteiger partial charge on any atom is -0.493 e. The molecule has 0 radical (unpaired) electrons. The van der Waals surface area contributed by atoms with Gasteiger partial charge in [-0.1, -0.05) is 19.1 Å². The Morgan fingerprint density at radius 3 is 3.16 bits per heavy atom. The van der Waals surface area contributed by atoms with Crippen LogP contribution in [0.3, 0.4) is 0 Å². The minimum absolute atomic E-state index is 0.184. The second kappa shape index (κ2) is 4.87. The average Bonchev–Trinajstić information content (AvgIpc) is 3.17. The summed E-state index contributed by atoms with van der Waals surface area (Å²) < 4.78 is 5.73. The molecule has 3 unspecified atom stereocenters. The van der Waals surface area contributed by atoms with Crippen LogP contribution < -0.4 is 10.5 Å². The highest BCUT2D eigenvalue weighted by Crippen LogP contribution is 2.54. The van der Waals surface area contributed by atoms with Crippen LogP contribution in [0.5, 0.6) is 5.75 Å². The summed E-state index contributed by atoms with van der Waals surface area (Å²) >= 11 is 0. The molecule has 2 N–H and O–H groups in total. The zero-order valence-electron chi connectivity index (χ0n) is 11.4. The molecule has 1 aliphatic carbocycles. The molecule has 1 fully saturated rings. The van der Waals surface area contributed by atoms with Crippen molar-refractivity contribution in [3.8, 4) is 5.75 Å². The Hall–Kier alpha value is -1.51. The summed E-state index contributed by atoms with van der Waals surface area (Å²) in [5.41, 5.74) is 8.13. The van der Waals surface area contributed by atoms with Gasteiger partial charge in [-0.15, -0.1) is 0 Å². The number of benzene rings is 1. The van der Waals surface area contributed by atoms with Gasteiger partial charge in [-0.05, 0) is 54.2 Å². The van der Waals surface area contributed by atoms with Crippen LogP contribution in [0.1, 0.15) is 43.2 Å². The first-order chi connectivity index (χ1) is 9.16. The Bertz CT molecular complexity index is 498. The maximum absolute atomic E-state index is 11.0. The van der Waals surface area contributed by atoms with Gasteiger partial charge in [-0.2, -0.15) is 0 Å². The molecule has 1 aliphatic heterocycles. The summed E-state index contributed by atoms with van der Waals surface area (Å²) in [4.78, 5) is 11.0.